The third-order valence-electron chi connectivity index (χ3n) is 6.35. The fourth-order valence-corrected chi connectivity index (χ4v) is 4.48. The van der Waals surface area contributed by atoms with Crippen molar-refractivity contribution < 1.29 is 19.1 Å². The third kappa shape index (κ3) is 4.45. The number of methoxy groups -OCH3 is 1. The molecule has 2 unspecified atom stereocenters. The molecule has 2 aliphatic rings. The molecule has 2 aliphatic heterocycles. The molecule has 7 nitrogen and oxygen atoms in total. The lowest BCUT2D eigenvalue weighted by Gasteiger charge is -2.32. The zero-order valence-electron chi connectivity index (χ0n) is 18.5. The molecule has 2 aromatic carbocycles. The van der Waals surface area contributed by atoms with Gasteiger partial charge in [0, 0.05) is 44.8 Å². The van der Waals surface area contributed by atoms with Gasteiger partial charge in [0.05, 0.1) is 13.2 Å². The molecule has 32 heavy (non-hydrogen) atoms. The number of ether oxygens (including phenoxy) is 1. The quantitative estimate of drug-likeness (QED) is 0.406. The van der Waals surface area contributed by atoms with Crippen LogP contribution in [0.1, 0.15) is 27.5 Å². The first-order chi connectivity index (χ1) is 15.5. The number of hydrogen-bond acceptors (Lipinski definition) is 6. The maximum atomic E-state index is 13.4. The molecule has 2 heterocycles. The van der Waals surface area contributed by atoms with Gasteiger partial charge in [-0.3, -0.25) is 19.3 Å². The average Bonchev–Trinajstić information content (AvgIpc) is 3.08. The van der Waals surface area contributed by atoms with Crippen LogP contribution < -0.4 is 10.1 Å². The van der Waals surface area contributed by atoms with Crippen LogP contribution in [0.5, 0.6) is 5.75 Å². The second kappa shape index (κ2) is 9.63. The predicted molar refractivity (Wildman–Crippen MR) is 121 cm³/mol. The Bertz CT molecular complexity index is 981. The van der Waals surface area contributed by atoms with Crippen molar-refractivity contribution in [2.24, 2.45) is 5.92 Å². The number of piperazine rings is 1. The highest BCUT2D eigenvalue weighted by Crippen LogP contribution is 2.38. The van der Waals surface area contributed by atoms with Gasteiger partial charge in [0.2, 0.25) is 5.78 Å². The van der Waals surface area contributed by atoms with Crippen LogP contribution in [0.3, 0.4) is 0 Å². The smallest absolute Gasteiger partial charge is 0.291 e. The summed E-state index contributed by atoms with van der Waals surface area (Å²) >= 11 is 0. The fourth-order valence-electron chi connectivity index (χ4n) is 4.48. The standard InChI is InChI=1S/C25H29N3O4/c1-17-3-5-18(6-4-17)22-21(23(29)19-7-9-20(32-2)10-8-19)24(30)25(31)28(22)16-15-27-13-11-26-12-14-27/h3-10,21-22,26H,11-16H2,1-2H3. The summed E-state index contributed by atoms with van der Waals surface area (Å²) in [6.07, 6.45) is 0. The number of Topliss-reactive ketones (excluding diaryl/α,β-unsaturated/α-hetero) is 2. The van der Waals surface area contributed by atoms with E-state index in [2.05, 4.69) is 10.2 Å². The van der Waals surface area contributed by atoms with E-state index in [0.717, 1.165) is 37.3 Å². The Morgan fingerprint density at radius 3 is 2.28 bits per heavy atom. The maximum absolute atomic E-state index is 13.4. The maximum Gasteiger partial charge on any atom is 0.291 e. The van der Waals surface area contributed by atoms with Crippen molar-refractivity contribution in [3.63, 3.8) is 0 Å². The molecule has 4 rings (SSSR count). The summed E-state index contributed by atoms with van der Waals surface area (Å²) in [6.45, 7) is 6.69. The zero-order valence-corrected chi connectivity index (χ0v) is 18.5. The first kappa shape index (κ1) is 22.2. The summed E-state index contributed by atoms with van der Waals surface area (Å²) in [5.74, 6) is -1.96. The van der Waals surface area contributed by atoms with Gasteiger partial charge in [0.25, 0.3) is 5.91 Å². The number of nitrogens with one attached hydrogen (secondary N) is 1. The van der Waals surface area contributed by atoms with Crippen molar-refractivity contribution in [2.75, 3.05) is 46.4 Å². The van der Waals surface area contributed by atoms with Gasteiger partial charge in [-0.1, -0.05) is 29.8 Å². The minimum absolute atomic E-state index is 0.332. The molecule has 2 atom stereocenters. The molecule has 0 bridgehead atoms. The summed E-state index contributed by atoms with van der Waals surface area (Å²) in [7, 11) is 1.56. The second-order valence-corrected chi connectivity index (χ2v) is 8.38. The Hall–Kier alpha value is -3.03. The van der Waals surface area contributed by atoms with Crippen molar-refractivity contribution in [1.82, 2.24) is 15.1 Å². The molecule has 0 radical (unpaired) electrons. The third-order valence-corrected chi connectivity index (χ3v) is 6.35. The molecule has 0 aromatic heterocycles. The van der Waals surface area contributed by atoms with Crippen molar-refractivity contribution in [1.29, 1.82) is 0 Å². The zero-order chi connectivity index (χ0) is 22.7. The topological polar surface area (TPSA) is 79.0 Å². The van der Waals surface area contributed by atoms with E-state index in [1.165, 1.54) is 0 Å². The molecule has 1 amide bonds. The van der Waals surface area contributed by atoms with Crippen LogP contribution in [0, 0.1) is 12.8 Å². The highest BCUT2D eigenvalue weighted by Gasteiger charge is 2.51. The number of carbonyl (C=O) groups excluding carboxylic acids is 3. The molecular weight excluding hydrogens is 406 g/mol. The number of nitrogens with zero attached hydrogens (tertiary/aromatic N) is 2. The normalized spacial score (nSPS) is 21.8. The Morgan fingerprint density at radius 2 is 1.66 bits per heavy atom. The second-order valence-electron chi connectivity index (χ2n) is 8.38. The predicted octanol–water partition coefficient (Wildman–Crippen LogP) is 1.86. The summed E-state index contributed by atoms with van der Waals surface area (Å²) < 4.78 is 5.17. The van der Waals surface area contributed by atoms with Gasteiger partial charge in [-0.15, -0.1) is 0 Å². The van der Waals surface area contributed by atoms with E-state index in [1.54, 1.807) is 36.3 Å². The molecule has 0 spiro atoms. The minimum Gasteiger partial charge on any atom is -0.497 e. The van der Waals surface area contributed by atoms with Crippen molar-refractivity contribution in [3.8, 4) is 5.75 Å². The summed E-state index contributed by atoms with van der Waals surface area (Å²) in [4.78, 5) is 43.5. The van der Waals surface area contributed by atoms with Crippen LogP contribution >= 0.6 is 0 Å². The lowest BCUT2D eigenvalue weighted by atomic mass is 9.86. The van der Waals surface area contributed by atoms with E-state index >= 15 is 0 Å². The molecule has 1 N–H and O–H groups in total. The summed E-state index contributed by atoms with van der Waals surface area (Å²) in [6, 6.07) is 13.8. The first-order valence-electron chi connectivity index (χ1n) is 11.0. The molecular formula is C25H29N3O4. The van der Waals surface area contributed by atoms with Gasteiger partial charge >= 0.3 is 0 Å². The van der Waals surface area contributed by atoms with Gasteiger partial charge in [0.15, 0.2) is 5.78 Å². The SMILES string of the molecule is COc1ccc(C(=O)C2C(=O)C(=O)N(CCN3CCNCC3)C2c2ccc(C)cc2)cc1. The molecule has 2 saturated heterocycles. The lowest BCUT2D eigenvalue weighted by molar-refractivity contribution is -0.140. The van der Waals surface area contributed by atoms with Crippen LogP contribution in [0.4, 0.5) is 0 Å². The number of amides is 1. The van der Waals surface area contributed by atoms with E-state index in [1.807, 2.05) is 31.2 Å². The van der Waals surface area contributed by atoms with Crippen LogP contribution in [0.2, 0.25) is 0 Å². The molecule has 0 saturated carbocycles. The number of aryl methyl sites for hydroxylation is 1. The van der Waals surface area contributed by atoms with E-state index in [0.29, 0.717) is 24.4 Å². The van der Waals surface area contributed by atoms with Crippen molar-refractivity contribution in [3.05, 3.63) is 65.2 Å². The molecule has 2 fully saturated rings. The van der Waals surface area contributed by atoms with Crippen LogP contribution in [-0.4, -0.2) is 73.7 Å². The Kier molecular flexibility index (Phi) is 6.67. The van der Waals surface area contributed by atoms with Crippen LogP contribution in [0.15, 0.2) is 48.5 Å². The highest BCUT2D eigenvalue weighted by molar-refractivity contribution is 6.44. The van der Waals surface area contributed by atoms with E-state index < -0.39 is 23.7 Å². The van der Waals surface area contributed by atoms with Crippen LogP contribution in [0.25, 0.3) is 0 Å². The Balaban J connectivity index is 1.64. The van der Waals surface area contributed by atoms with Gasteiger partial charge < -0.3 is 15.0 Å². The molecule has 7 heteroatoms. The average molecular weight is 436 g/mol. The van der Waals surface area contributed by atoms with Crippen LogP contribution in [-0.2, 0) is 9.59 Å². The Labute approximate surface area is 188 Å². The van der Waals surface area contributed by atoms with E-state index in [4.69, 9.17) is 4.74 Å². The Morgan fingerprint density at radius 1 is 1.00 bits per heavy atom. The monoisotopic (exact) mass is 435 g/mol. The number of carbonyl (C=O) groups is 3. The largest absolute Gasteiger partial charge is 0.497 e. The molecule has 2 aromatic rings. The summed E-state index contributed by atoms with van der Waals surface area (Å²) in [5, 5.41) is 3.32. The molecule has 0 aliphatic carbocycles. The number of rotatable bonds is 7. The number of hydrogen-bond donors (Lipinski definition) is 1. The highest BCUT2D eigenvalue weighted by atomic mass is 16.5. The van der Waals surface area contributed by atoms with Gasteiger partial charge in [-0.05, 0) is 36.8 Å². The van der Waals surface area contributed by atoms with Crippen molar-refractivity contribution in [2.45, 2.75) is 13.0 Å². The molecule has 168 valence electrons. The number of ketones is 2. The van der Waals surface area contributed by atoms with Gasteiger partial charge in [0.1, 0.15) is 11.7 Å². The summed E-state index contributed by atoms with van der Waals surface area (Å²) in [5.41, 5.74) is 2.29. The van der Waals surface area contributed by atoms with Gasteiger partial charge in [-0.2, -0.15) is 0 Å². The fraction of sp³-hybridized carbons (Fsp3) is 0.400. The van der Waals surface area contributed by atoms with Gasteiger partial charge in [-0.25, -0.2) is 0 Å². The van der Waals surface area contributed by atoms with E-state index in [-0.39, 0.29) is 5.78 Å². The minimum atomic E-state index is -1.05. The van der Waals surface area contributed by atoms with E-state index in [9.17, 15) is 14.4 Å². The lowest BCUT2D eigenvalue weighted by Crippen LogP contribution is -2.47. The van der Waals surface area contributed by atoms with Crippen molar-refractivity contribution >= 4 is 17.5 Å². The first-order valence-corrected chi connectivity index (χ1v) is 11.0. The number of likely N-dealkylation sites (tertiary alicyclic amines) is 1. The number of benzene rings is 2.